The van der Waals surface area contributed by atoms with Crippen molar-refractivity contribution in [2.75, 3.05) is 7.11 Å². The number of hydrogen-bond donors (Lipinski definition) is 0. The van der Waals surface area contributed by atoms with Crippen molar-refractivity contribution in [3.63, 3.8) is 0 Å². The summed E-state index contributed by atoms with van der Waals surface area (Å²) in [6.07, 6.45) is 0.744. The second kappa shape index (κ2) is 5.95. The molecule has 0 bridgehead atoms. The zero-order valence-electron chi connectivity index (χ0n) is 8.85. The number of aryl methyl sites for hydroxylation is 1. The molecule has 0 amide bonds. The number of ether oxygens (including phenoxy) is 1. The third-order valence-corrected chi connectivity index (χ3v) is 2.22. The van der Waals surface area contributed by atoms with Gasteiger partial charge in [0.25, 0.3) is 0 Å². The standard InChI is InChI=1S/C11H12FNO3/c1-16-11(14)10(13-15)7-4-8-2-5-9(12)6-3-8/h2-3,5-6,10H,4,7H2,1H3. The monoisotopic (exact) mass is 225 g/mol. The van der Waals surface area contributed by atoms with E-state index in [1.165, 1.54) is 19.2 Å². The van der Waals surface area contributed by atoms with E-state index in [9.17, 15) is 14.1 Å². The van der Waals surface area contributed by atoms with E-state index in [0.717, 1.165) is 5.56 Å². The highest BCUT2D eigenvalue weighted by Gasteiger charge is 2.19. The fourth-order valence-corrected chi connectivity index (χ4v) is 1.30. The number of carbonyl (C=O) groups is 1. The summed E-state index contributed by atoms with van der Waals surface area (Å²) < 4.78 is 17.0. The number of esters is 1. The molecule has 0 aromatic heterocycles. The Morgan fingerprint density at radius 1 is 1.44 bits per heavy atom. The minimum atomic E-state index is -0.991. The molecule has 0 radical (unpaired) electrons. The van der Waals surface area contributed by atoms with Crippen LogP contribution in [0.1, 0.15) is 12.0 Å². The van der Waals surface area contributed by atoms with Crippen molar-refractivity contribution in [1.82, 2.24) is 0 Å². The predicted octanol–water partition coefficient (Wildman–Crippen LogP) is 2.07. The van der Waals surface area contributed by atoms with Gasteiger partial charge < -0.3 is 4.74 Å². The van der Waals surface area contributed by atoms with Crippen molar-refractivity contribution in [3.8, 4) is 0 Å². The van der Waals surface area contributed by atoms with Gasteiger partial charge in [-0.2, -0.15) is 0 Å². The average Bonchev–Trinajstić information content (AvgIpc) is 2.31. The highest BCUT2D eigenvalue weighted by Crippen LogP contribution is 2.09. The van der Waals surface area contributed by atoms with Gasteiger partial charge in [0.05, 0.1) is 7.11 Å². The van der Waals surface area contributed by atoms with Crippen LogP contribution in [0.3, 0.4) is 0 Å². The summed E-state index contributed by atoms with van der Waals surface area (Å²) in [7, 11) is 1.21. The van der Waals surface area contributed by atoms with Crippen molar-refractivity contribution in [2.45, 2.75) is 18.9 Å². The van der Waals surface area contributed by atoms with Crippen molar-refractivity contribution >= 4 is 5.97 Å². The quantitative estimate of drug-likeness (QED) is 0.569. The largest absolute Gasteiger partial charge is 0.467 e. The van der Waals surface area contributed by atoms with E-state index < -0.39 is 12.0 Å². The Labute approximate surface area is 92.4 Å². The first-order valence-electron chi connectivity index (χ1n) is 4.82. The third kappa shape index (κ3) is 3.42. The van der Waals surface area contributed by atoms with Crippen molar-refractivity contribution < 1.29 is 13.9 Å². The van der Waals surface area contributed by atoms with Crippen molar-refractivity contribution in [1.29, 1.82) is 0 Å². The van der Waals surface area contributed by atoms with Crippen LogP contribution in [0.5, 0.6) is 0 Å². The van der Waals surface area contributed by atoms with Crippen LogP contribution in [0, 0.1) is 10.7 Å². The molecule has 0 fully saturated rings. The molecule has 0 aliphatic heterocycles. The zero-order chi connectivity index (χ0) is 12.0. The van der Waals surface area contributed by atoms with Crippen LogP contribution in [0.15, 0.2) is 29.4 Å². The van der Waals surface area contributed by atoms with Crippen molar-refractivity contribution in [3.05, 3.63) is 40.6 Å². The minimum Gasteiger partial charge on any atom is -0.467 e. The maximum atomic E-state index is 12.6. The Bertz CT molecular complexity index is 364. The van der Waals surface area contributed by atoms with E-state index in [0.29, 0.717) is 6.42 Å². The van der Waals surface area contributed by atoms with Crippen LogP contribution >= 0.6 is 0 Å². The topological polar surface area (TPSA) is 55.7 Å². The van der Waals surface area contributed by atoms with Crippen LogP contribution < -0.4 is 0 Å². The van der Waals surface area contributed by atoms with Gasteiger partial charge in [0.2, 0.25) is 0 Å². The summed E-state index contributed by atoms with van der Waals surface area (Å²) in [6.45, 7) is 0. The zero-order valence-corrected chi connectivity index (χ0v) is 8.85. The summed E-state index contributed by atoms with van der Waals surface area (Å²) in [4.78, 5) is 21.4. The van der Waals surface area contributed by atoms with Crippen LogP contribution in [0.4, 0.5) is 4.39 Å². The Morgan fingerprint density at radius 2 is 2.06 bits per heavy atom. The highest BCUT2D eigenvalue weighted by molar-refractivity contribution is 5.75. The van der Waals surface area contributed by atoms with Crippen LogP contribution in [-0.2, 0) is 16.0 Å². The Morgan fingerprint density at radius 3 is 2.56 bits per heavy atom. The molecule has 1 aromatic carbocycles. The van der Waals surface area contributed by atoms with Crippen LogP contribution in [-0.4, -0.2) is 19.1 Å². The van der Waals surface area contributed by atoms with E-state index in [1.54, 1.807) is 12.1 Å². The summed E-state index contributed by atoms with van der Waals surface area (Å²) in [5, 5.41) is 2.69. The SMILES string of the molecule is COC(=O)C(CCc1ccc(F)cc1)N=O. The molecule has 0 N–H and O–H groups in total. The second-order valence-corrected chi connectivity index (χ2v) is 3.31. The molecule has 1 unspecified atom stereocenters. The number of rotatable bonds is 5. The lowest BCUT2D eigenvalue weighted by molar-refractivity contribution is -0.142. The lowest BCUT2D eigenvalue weighted by Crippen LogP contribution is -2.20. The number of nitrogens with zero attached hydrogens (tertiary/aromatic N) is 1. The van der Waals surface area contributed by atoms with Gasteiger partial charge >= 0.3 is 5.97 Å². The molecule has 0 aliphatic carbocycles. The smallest absolute Gasteiger partial charge is 0.334 e. The average molecular weight is 225 g/mol. The number of benzene rings is 1. The second-order valence-electron chi connectivity index (χ2n) is 3.31. The molecule has 16 heavy (non-hydrogen) atoms. The van der Waals surface area contributed by atoms with Gasteiger partial charge in [0, 0.05) is 0 Å². The molecule has 1 aromatic rings. The van der Waals surface area contributed by atoms with Gasteiger partial charge in [-0.15, -0.1) is 4.91 Å². The van der Waals surface area contributed by atoms with Gasteiger partial charge in [0.1, 0.15) is 5.82 Å². The molecule has 0 aliphatic rings. The number of carbonyl (C=O) groups excluding carboxylic acids is 1. The molecule has 0 saturated carbocycles. The number of hydrogen-bond acceptors (Lipinski definition) is 4. The van der Waals surface area contributed by atoms with E-state index in [2.05, 4.69) is 9.91 Å². The lowest BCUT2D eigenvalue weighted by atomic mass is 10.1. The Hall–Kier alpha value is -1.78. The highest BCUT2D eigenvalue weighted by atomic mass is 19.1. The predicted molar refractivity (Wildman–Crippen MR) is 56.3 cm³/mol. The van der Waals surface area contributed by atoms with Crippen LogP contribution in [0.2, 0.25) is 0 Å². The summed E-state index contributed by atoms with van der Waals surface area (Å²) in [5.41, 5.74) is 0.846. The molecule has 0 heterocycles. The molecule has 0 saturated heterocycles. The van der Waals surface area contributed by atoms with Gasteiger partial charge in [-0.25, -0.2) is 9.18 Å². The molecule has 1 atom stereocenters. The van der Waals surface area contributed by atoms with E-state index in [1.807, 2.05) is 0 Å². The number of nitroso groups, excluding NO2 is 1. The molecule has 86 valence electrons. The van der Waals surface area contributed by atoms with Gasteiger partial charge in [-0.05, 0) is 30.5 Å². The minimum absolute atomic E-state index is 0.266. The first kappa shape index (κ1) is 12.3. The van der Waals surface area contributed by atoms with E-state index >= 15 is 0 Å². The molecular formula is C11H12FNO3. The first-order valence-corrected chi connectivity index (χ1v) is 4.82. The van der Waals surface area contributed by atoms with E-state index in [4.69, 9.17) is 0 Å². The molecule has 0 spiro atoms. The van der Waals surface area contributed by atoms with E-state index in [-0.39, 0.29) is 12.2 Å². The molecule has 5 heteroatoms. The number of methoxy groups -OCH3 is 1. The Balaban J connectivity index is 2.52. The molecular weight excluding hydrogens is 213 g/mol. The summed E-state index contributed by atoms with van der Waals surface area (Å²) in [6, 6.07) is 4.88. The third-order valence-electron chi connectivity index (χ3n) is 2.22. The Kier molecular flexibility index (Phi) is 4.57. The van der Waals surface area contributed by atoms with Gasteiger partial charge in [0.15, 0.2) is 6.04 Å². The maximum absolute atomic E-state index is 12.6. The molecule has 4 nitrogen and oxygen atoms in total. The van der Waals surface area contributed by atoms with Gasteiger partial charge in [-0.3, -0.25) is 0 Å². The molecule has 1 rings (SSSR count). The van der Waals surface area contributed by atoms with Crippen molar-refractivity contribution in [2.24, 2.45) is 5.18 Å². The fourth-order valence-electron chi connectivity index (χ4n) is 1.30. The van der Waals surface area contributed by atoms with Crippen LogP contribution in [0.25, 0.3) is 0 Å². The number of halogens is 1. The summed E-state index contributed by atoms with van der Waals surface area (Å²) >= 11 is 0. The lowest BCUT2D eigenvalue weighted by Gasteiger charge is -2.06. The fraction of sp³-hybridized carbons (Fsp3) is 0.364. The van der Waals surface area contributed by atoms with Gasteiger partial charge in [-0.1, -0.05) is 17.3 Å². The normalized spacial score (nSPS) is 11.9. The first-order chi connectivity index (χ1) is 7.67. The summed E-state index contributed by atoms with van der Waals surface area (Å²) in [5.74, 6) is -0.959. The maximum Gasteiger partial charge on any atom is 0.334 e.